The number of fused-ring (bicyclic) bond motifs is 1. The minimum absolute atomic E-state index is 0.0108. The lowest BCUT2D eigenvalue weighted by molar-refractivity contribution is 0.152. The monoisotopic (exact) mass is 466 g/mol. The Kier molecular flexibility index (Phi) is 5.77. The number of hydrogen-bond acceptors (Lipinski definition) is 4. The predicted molar refractivity (Wildman–Crippen MR) is 114 cm³/mol. The van der Waals surface area contributed by atoms with E-state index in [9.17, 15) is 12.8 Å². The molecule has 0 spiro atoms. The van der Waals surface area contributed by atoms with E-state index in [1.54, 1.807) is 30.3 Å². The normalized spacial score (nSPS) is 15.7. The molecule has 8 heteroatoms. The number of benzene rings is 3. The van der Waals surface area contributed by atoms with Crippen LogP contribution >= 0.6 is 23.2 Å². The van der Waals surface area contributed by atoms with Crippen molar-refractivity contribution in [3.8, 4) is 16.9 Å². The van der Waals surface area contributed by atoms with Gasteiger partial charge in [0.1, 0.15) is 24.3 Å². The van der Waals surface area contributed by atoms with Gasteiger partial charge in [-0.2, -0.15) is 8.42 Å². The Hall–Kier alpha value is -2.12. The first kappa shape index (κ1) is 21.1. The van der Waals surface area contributed by atoms with E-state index in [2.05, 4.69) is 0 Å². The Bertz CT molecular complexity index is 1210. The number of ether oxygens (including phenoxy) is 1. The molecule has 30 heavy (non-hydrogen) atoms. The third-order valence-electron chi connectivity index (χ3n) is 4.81. The van der Waals surface area contributed by atoms with Gasteiger partial charge in [0.2, 0.25) is 0 Å². The number of rotatable bonds is 5. The lowest BCUT2D eigenvalue weighted by Crippen LogP contribution is -2.23. The van der Waals surface area contributed by atoms with Crippen LogP contribution in [0.4, 0.5) is 4.39 Å². The molecule has 0 aromatic heterocycles. The highest BCUT2D eigenvalue weighted by atomic mass is 35.5. The predicted octanol–water partition coefficient (Wildman–Crippen LogP) is 5.82. The number of hydrogen-bond donors (Lipinski definition) is 0. The summed E-state index contributed by atoms with van der Waals surface area (Å²) in [5.41, 5.74) is 3.07. The maximum Gasteiger partial charge on any atom is 0.297 e. The van der Waals surface area contributed by atoms with Gasteiger partial charge in [0.15, 0.2) is 0 Å². The van der Waals surface area contributed by atoms with Gasteiger partial charge in [-0.1, -0.05) is 47.0 Å². The average Bonchev–Trinajstić information content (AvgIpc) is 3.11. The van der Waals surface area contributed by atoms with Crippen LogP contribution in [-0.2, 0) is 20.7 Å². The molecule has 1 aliphatic rings. The van der Waals surface area contributed by atoms with Crippen molar-refractivity contribution in [2.45, 2.75) is 24.3 Å². The van der Waals surface area contributed by atoms with Crippen LogP contribution in [0.2, 0.25) is 10.0 Å². The summed E-state index contributed by atoms with van der Waals surface area (Å²) in [5, 5.41) is 0.477. The van der Waals surface area contributed by atoms with Crippen molar-refractivity contribution in [1.29, 1.82) is 0 Å². The van der Waals surface area contributed by atoms with E-state index in [1.165, 1.54) is 24.3 Å². The molecule has 0 fully saturated rings. The summed E-state index contributed by atoms with van der Waals surface area (Å²) in [4.78, 5) is 0.0910. The zero-order valence-corrected chi connectivity index (χ0v) is 18.2. The molecular weight excluding hydrogens is 450 g/mol. The van der Waals surface area contributed by atoms with Crippen molar-refractivity contribution in [2.24, 2.45) is 0 Å². The zero-order valence-electron chi connectivity index (χ0n) is 15.9. The van der Waals surface area contributed by atoms with Crippen LogP contribution in [0, 0.1) is 12.7 Å². The fraction of sp³-hybridized carbons (Fsp3) is 0.182. The molecule has 4 rings (SSSR count). The van der Waals surface area contributed by atoms with E-state index in [0.717, 1.165) is 11.1 Å². The van der Waals surface area contributed by atoms with Gasteiger partial charge in [0.25, 0.3) is 10.1 Å². The second kappa shape index (κ2) is 8.19. The molecule has 0 bridgehead atoms. The Labute approximate surface area is 184 Å². The van der Waals surface area contributed by atoms with E-state index < -0.39 is 22.0 Å². The summed E-state index contributed by atoms with van der Waals surface area (Å²) in [6.45, 7) is 1.73. The van der Waals surface area contributed by atoms with Crippen LogP contribution in [0.1, 0.15) is 11.1 Å². The second-order valence-corrected chi connectivity index (χ2v) is 9.53. The van der Waals surface area contributed by atoms with Crippen LogP contribution in [0.15, 0.2) is 59.5 Å². The third-order valence-corrected chi connectivity index (χ3v) is 6.62. The quantitative estimate of drug-likeness (QED) is 0.444. The summed E-state index contributed by atoms with van der Waals surface area (Å²) in [5.74, 6) is 0.0380. The van der Waals surface area contributed by atoms with Gasteiger partial charge < -0.3 is 4.74 Å². The van der Waals surface area contributed by atoms with Crippen LogP contribution < -0.4 is 4.74 Å². The van der Waals surface area contributed by atoms with Crippen molar-refractivity contribution >= 4 is 33.3 Å². The van der Waals surface area contributed by atoms with E-state index in [-0.39, 0.29) is 16.5 Å². The molecule has 0 saturated carbocycles. The van der Waals surface area contributed by atoms with E-state index >= 15 is 0 Å². The average molecular weight is 467 g/mol. The van der Waals surface area contributed by atoms with Crippen molar-refractivity contribution in [3.05, 3.63) is 81.6 Å². The molecule has 3 aromatic carbocycles. The highest BCUT2D eigenvalue weighted by molar-refractivity contribution is 7.86. The fourth-order valence-corrected chi connectivity index (χ4v) is 4.66. The Morgan fingerprint density at radius 1 is 1.10 bits per heavy atom. The molecular formula is C22H17Cl2FO4S. The van der Waals surface area contributed by atoms with Crippen LogP contribution in [0.5, 0.6) is 5.75 Å². The van der Waals surface area contributed by atoms with Gasteiger partial charge in [0.05, 0.1) is 9.92 Å². The maximum atomic E-state index is 13.5. The number of aryl methyl sites for hydroxylation is 1. The van der Waals surface area contributed by atoms with Gasteiger partial charge in [-0.3, -0.25) is 4.18 Å². The second-order valence-electron chi connectivity index (χ2n) is 7.07. The third kappa shape index (κ3) is 4.32. The van der Waals surface area contributed by atoms with E-state index in [0.29, 0.717) is 28.3 Å². The molecule has 4 nitrogen and oxygen atoms in total. The Morgan fingerprint density at radius 3 is 2.53 bits per heavy atom. The van der Waals surface area contributed by atoms with E-state index in [1.807, 2.05) is 6.92 Å². The summed E-state index contributed by atoms with van der Waals surface area (Å²) >= 11 is 12.2. The Morgan fingerprint density at radius 2 is 1.83 bits per heavy atom. The zero-order chi connectivity index (χ0) is 21.5. The highest BCUT2D eigenvalue weighted by Crippen LogP contribution is 2.42. The van der Waals surface area contributed by atoms with E-state index in [4.69, 9.17) is 32.1 Å². The van der Waals surface area contributed by atoms with Gasteiger partial charge in [-0.05, 0) is 48.9 Å². The molecule has 0 aliphatic carbocycles. The first-order chi connectivity index (χ1) is 14.2. The summed E-state index contributed by atoms with van der Waals surface area (Å²) in [7, 11) is -3.90. The standard InChI is InChI=1S/C22H17Cl2FO4S/c1-13-2-5-18(6-3-13)30(26,27)28-12-17-9-15-8-16(23)11-19(22(15)29-17)14-4-7-21(25)20(24)10-14/h2-8,10-11,17H,9,12H2,1H3. The first-order valence-electron chi connectivity index (χ1n) is 9.13. The molecule has 156 valence electrons. The summed E-state index contributed by atoms with van der Waals surface area (Å²) in [6, 6.07) is 14.3. The molecule has 3 aromatic rings. The molecule has 1 atom stereocenters. The van der Waals surface area contributed by atoms with Crippen molar-refractivity contribution in [2.75, 3.05) is 6.61 Å². The van der Waals surface area contributed by atoms with Gasteiger partial charge in [0, 0.05) is 22.6 Å². The Balaban J connectivity index is 1.54. The van der Waals surface area contributed by atoms with Gasteiger partial charge in [-0.15, -0.1) is 0 Å². The largest absolute Gasteiger partial charge is 0.487 e. The maximum absolute atomic E-state index is 13.5. The molecule has 1 unspecified atom stereocenters. The van der Waals surface area contributed by atoms with Gasteiger partial charge >= 0.3 is 0 Å². The minimum atomic E-state index is -3.90. The smallest absolute Gasteiger partial charge is 0.297 e. The van der Waals surface area contributed by atoms with Crippen molar-refractivity contribution in [1.82, 2.24) is 0 Å². The molecule has 1 aliphatic heterocycles. The highest BCUT2D eigenvalue weighted by Gasteiger charge is 2.29. The minimum Gasteiger partial charge on any atom is -0.487 e. The molecule has 1 heterocycles. The summed E-state index contributed by atoms with van der Waals surface area (Å²) < 4.78 is 49.6. The van der Waals surface area contributed by atoms with Crippen LogP contribution in [0.25, 0.3) is 11.1 Å². The molecule has 0 N–H and O–H groups in total. The van der Waals surface area contributed by atoms with Crippen molar-refractivity contribution < 1.29 is 21.7 Å². The fourth-order valence-electron chi connectivity index (χ4n) is 3.30. The molecule has 0 saturated heterocycles. The van der Waals surface area contributed by atoms with Gasteiger partial charge in [-0.25, -0.2) is 4.39 Å². The topological polar surface area (TPSA) is 52.6 Å². The molecule has 0 amide bonds. The molecule has 0 radical (unpaired) electrons. The van der Waals surface area contributed by atoms with Crippen molar-refractivity contribution in [3.63, 3.8) is 0 Å². The number of halogens is 3. The van der Waals surface area contributed by atoms with Crippen LogP contribution in [0.3, 0.4) is 0 Å². The lowest BCUT2D eigenvalue weighted by atomic mass is 10.0. The summed E-state index contributed by atoms with van der Waals surface area (Å²) in [6.07, 6.45) is -0.0744. The van der Waals surface area contributed by atoms with Crippen LogP contribution in [-0.4, -0.2) is 21.1 Å². The SMILES string of the molecule is Cc1ccc(S(=O)(=O)OCC2Cc3cc(Cl)cc(-c4ccc(F)c(Cl)c4)c3O2)cc1. The first-order valence-corrected chi connectivity index (χ1v) is 11.3. The lowest BCUT2D eigenvalue weighted by Gasteiger charge is -2.14.